The molecule has 0 saturated heterocycles. The first-order valence-electron chi connectivity index (χ1n) is 7.82. The summed E-state index contributed by atoms with van der Waals surface area (Å²) in [5.74, 6) is 2.88. The molecule has 0 aliphatic rings. The molecular formula is C17H26IN5S. The number of aromatic nitrogens is 2. The molecule has 1 heterocycles. The number of hydrogen-bond donors (Lipinski definition) is 2. The minimum Gasteiger partial charge on any atom is -0.357 e. The highest BCUT2D eigenvalue weighted by molar-refractivity contribution is 14.0. The molecule has 0 amide bonds. The van der Waals surface area contributed by atoms with Crippen LogP contribution in [-0.2, 0) is 6.54 Å². The molecule has 0 unspecified atom stereocenters. The fourth-order valence-electron chi connectivity index (χ4n) is 2.22. The summed E-state index contributed by atoms with van der Waals surface area (Å²) in [6.45, 7) is 4.45. The molecule has 132 valence electrons. The van der Waals surface area contributed by atoms with Crippen LogP contribution < -0.4 is 5.32 Å². The smallest absolute Gasteiger partial charge is 0.194 e. The van der Waals surface area contributed by atoms with Crippen LogP contribution in [-0.4, -0.2) is 53.0 Å². The van der Waals surface area contributed by atoms with Crippen molar-refractivity contribution in [3.63, 3.8) is 0 Å². The fourth-order valence-corrected chi connectivity index (χ4v) is 2.49. The molecule has 2 aromatic rings. The third-order valence-corrected chi connectivity index (χ3v) is 3.94. The quantitative estimate of drug-likeness (QED) is 0.288. The zero-order chi connectivity index (χ0) is 16.5. The summed E-state index contributed by atoms with van der Waals surface area (Å²) in [5, 5.41) is 3.33. The Kier molecular flexibility index (Phi) is 9.85. The second kappa shape index (κ2) is 11.4. The number of hydrogen-bond acceptors (Lipinski definition) is 3. The van der Waals surface area contributed by atoms with Gasteiger partial charge in [0, 0.05) is 19.3 Å². The normalized spacial score (nSPS) is 11.0. The van der Waals surface area contributed by atoms with E-state index in [-0.39, 0.29) is 24.0 Å². The van der Waals surface area contributed by atoms with Gasteiger partial charge in [-0.25, -0.2) is 4.98 Å². The van der Waals surface area contributed by atoms with Gasteiger partial charge in [-0.15, -0.1) is 24.0 Å². The van der Waals surface area contributed by atoms with Crippen LogP contribution in [0.3, 0.4) is 0 Å². The maximum absolute atomic E-state index is 4.63. The minimum absolute atomic E-state index is 0. The lowest BCUT2D eigenvalue weighted by molar-refractivity contribution is 0.465. The van der Waals surface area contributed by atoms with Crippen LogP contribution in [0.15, 0.2) is 41.5 Å². The number of nitrogens with one attached hydrogen (secondary N) is 2. The predicted octanol–water partition coefficient (Wildman–Crippen LogP) is 3.46. The first kappa shape index (κ1) is 20.8. The number of rotatable bonds is 7. The monoisotopic (exact) mass is 459 g/mol. The van der Waals surface area contributed by atoms with Gasteiger partial charge < -0.3 is 15.2 Å². The van der Waals surface area contributed by atoms with Crippen LogP contribution in [0.5, 0.6) is 0 Å². The highest BCUT2D eigenvalue weighted by Gasteiger charge is 2.09. The van der Waals surface area contributed by atoms with Crippen LogP contribution >= 0.6 is 35.7 Å². The molecule has 0 fully saturated rings. The first-order valence-corrected chi connectivity index (χ1v) is 9.21. The second-order valence-electron chi connectivity index (χ2n) is 5.19. The Bertz CT molecular complexity index is 614. The molecule has 2 N–H and O–H groups in total. The van der Waals surface area contributed by atoms with Crippen LogP contribution in [0, 0.1) is 0 Å². The number of thioether (sulfide) groups is 1. The average molecular weight is 459 g/mol. The van der Waals surface area contributed by atoms with Gasteiger partial charge in [0.15, 0.2) is 5.96 Å². The van der Waals surface area contributed by atoms with E-state index >= 15 is 0 Å². The average Bonchev–Trinajstić information content (AvgIpc) is 3.03. The number of nitrogens with zero attached hydrogens (tertiary/aromatic N) is 3. The summed E-state index contributed by atoms with van der Waals surface area (Å²) in [4.78, 5) is 14.6. The molecule has 1 aromatic carbocycles. The van der Waals surface area contributed by atoms with Crippen LogP contribution in [0.1, 0.15) is 12.7 Å². The molecule has 0 spiro atoms. The molecule has 24 heavy (non-hydrogen) atoms. The van der Waals surface area contributed by atoms with Crippen molar-refractivity contribution in [2.24, 2.45) is 4.99 Å². The number of H-pyrrole nitrogens is 1. The van der Waals surface area contributed by atoms with Crippen LogP contribution in [0.2, 0.25) is 0 Å². The third kappa shape index (κ3) is 6.35. The first-order chi connectivity index (χ1) is 11.2. The Labute approximate surface area is 165 Å². The molecule has 7 heteroatoms. The lowest BCUT2D eigenvalue weighted by Crippen LogP contribution is -2.38. The van der Waals surface area contributed by atoms with Crippen molar-refractivity contribution in [2.45, 2.75) is 13.5 Å². The van der Waals surface area contributed by atoms with Gasteiger partial charge in [0.25, 0.3) is 0 Å². The lowest BCUT2D eigenvalue weighted by atomic mass is 10.2. The molecule has 0 radical (unpaired) electrons. The van der Waals surface area contributed by atoms with E-state index in [2.05, 4.69) is 50.5 Å². The van der Waals surface area contributed by atoms with E-state index in [9.17, 15) is 0 Å². The fraction of sp³-hybridized carbons (Fsp3) is 0.412. The highest BCUT2D eigenvalue weighted by Crippen LogP contribution is 2.16. The van der Waals surface area contributed by atoms with E-state index in [0.29, 0.717) is 6.54 Å². The van der Waals surface area contributed by atoms with Crippen molar-refractivity contribution in [1.29, 1.82) is 0 Å². The summed E-state index contributed by atoms with van der Waals surface area (Å²) >= 11 is 1.81. The maximum atomic E-state index is 4.63. The SMILES string of the molecule is CCNC(=NCCSC)N(C)Cc1ncc(-c2ccccc2)[nH]1.I. The van der Waals surface area contributed by atoms with E-state index in [1.165, 1.54) is 0 Å². The summed E-state index contributed by atoms with van der Waals surface area (Å²) in [7, 11) is 2.03. The van der Waals surface area contributed by atoms with Gasteiger partial charge in [0.1, 0.15) is 5.82 Å². The Hall–Kier alpha value is -1.22. The number of aliphatic imine (C=N–C) groups is 1. The zero-order valence-electron chi connectivity index (χ0n) is 14.5. The molecule has 1 aromatic heterocycles. The zero-order valence-corrected chi connectivity index (χ0v) is 17.6. The molecule has 0 aliphatic carbocycles. The largest absolute Gasteiger partial charge is 0.357 e. The van der Waals surface area contributed by atoms with Gasteiger partial charge in [-0.05, 0) is 18.7 Å². The van der Waals surface area contributed by atoms with E-state index in [1.54, 1.807) is 11.8 Å². The van der Waals surface area contributed by atoms with Gasteiger partial charge in [-0.2, -0.15) is 11.8 Å². The minimum atomic E-state index is 0. The van der Waals surface area contributed by atoms with Gasteiger partial charge >= 0.3 is 0 Å². The van der Waals surface area contributed by atoms with Crippen molar-refractivity contribution in [2.75, 3.05) is 32.1 Å². The molecule has 0 bridgehead atoms. The summed E-state index contributed by atoms with van der Waals surface area (Å²) in [6, 6.07) is 10.2. The molecule has 0 saturated carbocycles. The third-order valence-electron chi connectivity index (χ3n) is 3.35. The molecular weight excluding hydrogens is 433 g/mol. The highest BCUT2D eigenvalue weighted by atomic mass is 127. The predicted molar refractivity (Wildman–Crippen MR) is 115 cm³/mol. The number of guanidine groups is 1. The van der Waals surface area contributed by atoms with Gasteiger partial charge in [0.2, 0.25) is 0 Å². The molecule has 0 atom stereocenters. The van der Waals surface area contributed by atoms with Crippen molar-refractivity contribution < 1.29 is 0 Å². The van der Waals surface area contributed by atoms with E-state index in [4.69, 9.17) is 0 Å². The Balaban J connectivity index is 0.00000288. The lowest BCUT2D eigenvalue weighted by Gasteiger charge is -2.21. The van der Waals surface area contributed by atoms with E-state index in [1.807, 2.05) is 31.4 Å². The van der Waals surface area contributed by atoms with Crippen molar-refractivity contribution in [1.82, 2.24) is 20.2 Å². The van der Waals surface area contributed by atoms with Crippen molar-refractivity contribution in [3.05, 3.63) is 42.4 Å². The molecule has 2 rings (SSSR count). The Morgan fingerprint density at radius 2 is 2.08 bits per heavy atom. The van der Waals surface area contributed by atoms with Crippen LogP contribution in [0.25, 0.3) is 11.3 Å². The topological polar surface area (TPSA) is 56.3 Å². The standard InChI is InChI=1S/C17H25N5S.HI/c1-4-18-17(19-10-11-23-3)22(2)13-16-20-12-15(21-16)14-8-6-5-7-9-14;/h5-9,12H,4,10-11,13H2,1-3H3,(H,18,19)(H,20,21);1H. The summed E-state index contributed by atoms with van der Waals surface area (Å²) in [6.07, 6.45) is 3.98. The van der Waals surface area contributed by atoms with Gasteiger partial charge in [-0.1, -0.05) is 30.3 Å². The number of benzene rings is 1. The maximum Gasteiger partial charge on any atom is 0.194 e. The van der Waals surface area contributed by atoms with E-state index in [0.717, 1.165) is 41.9 Å². The number of imidazole rings is 1. The van der Waals surface area contributed by atoms with Gasteiger partial charge in [0.05, 0.1) is 25.0 Å². The number of halogens is 1. The Morgan fingerprint density at radius 1 is 1.33 bits per heavy atom. The van der Waals surface area contributed by atoms with E-state index < -0.39 is 0 Å². The number of aromatic amines is 1. The summed E-state index contributed by atoms with van der Waals surface area (Å²) in [5.41, 5.74) is 2.19. The summed E-state index contributed by atoms with van der Waals surface area (Å²) < 4.78 is 0. The second-order valence-corrected chi connectivity index (χ2v) is 6.18. The van der Waals surface area contributed by atoms with Crippen LogP contribution in [0.4, 0.5) is 0 Å². The molecule has 0 aliphatic heterocycles. The Morgan fingerprint density at radius 3 is 2.75 bits per heavy atom. The van der Waals surface area contributed by atoms with Crippen molar-refractivity contribution >= 4 is 41.7 Å². The van der Waals surface area contributed by atoms with Gasteiger partial charge in [-0.3, -0.25) is 4.99 Å². The van der Waals surface area contributed by atoms with Crippen molar-refractivity contribution in [3.8, 4) is 11.3 Å². The molecule has 5 nitrogen and oxygen atoms in total.